The molecule has 0 unspecified atom stereocenters. The second kappa shape index (κ2) is 5.61. The first-order valence-electron chi connectivity index (χ1n) is 7.55. The van der Waals surface area contributed by atoms with E-state index in [2.05, 4.69) is 32.7 Å². The normalized spacial score (nSPS) is 15.5. The Hall–Kier alpha value is -2.08. The molecule has 2 aromatic heterocycles. The van der Waals surface area contributed by atoms with Gasteiger partial charge in [0.2, 0.25) is 0 Å². The van der Waals surface area contributed by atoms with Crippen LogP contribution in [-0.2, 0) is 0 Å². The molecule has 1 aromatic carbocycles. The Morgan fingerprint density at radius 1 is 1.18 bits per heavy atom. The van der Waals surface area contributed by atoms with Gasteiger partial charge in [-0.15, -0.1) is 5.10 Å². The van der Waals surface area contributed by atoms with Gasteiger partial charge in [-0.25, -0.2) is 0 Å². The third-order valence-electron chi connectivity index (χ3n) is 4.24. The monoisotopic (exact) mass is 312 g/mol. The minimum Gasteiger partial charge on any atom is -0.333 e. The van der Waals surface area contributed by atoms with Gasteiger partial charge in [-0.2, -0.15) is 4.98 Å². The smallest absolute Gasteiger partial charge is 0.271 e. The maximum atomic E-state index is 5.49. The predicted octanol–water partition coefficient (Wildman–Crippen LogP) is 4.22. The van der Waals surface area contributed by atoms with E-state index in [-0.39, 0.29) is 0 Å². The van der Waals surface area contributed by atoms with Gasteiger partial charge < -0.3 is 4.52 Å². The van der Waals surface area contributed by atoms with E-state index in [9.17, 15) is 0 Å². The highest BCUT2D eigenvalue weighted by Gasteiger charge is 2.25. The molecule has 2 heterocycles. The molecule has 0 amide bonds. The van der Waals surface area contributed by atoms with Crippen LogP contribution in [0.15, 0.2) is 28.8 Å². The Morgan fingerprint density at radius 2 is 2.00 bits per heavy atom. The van der Waals surface area contributed by atoms with Crippen molar-refractivity contribution in [2.75, 3.05) is 0 Å². The summed E-state index contributed by atoms with van der Waals surface area (Å²) in [6, 6.07) is 8.13. The van der Waals surface area contributed by atoms with Crippen LogP contribution in [0.5, 0.6) is 0 Å². The molecule has 1 fully saturated rings. The van der Waals surface area contributed by atoms with Crippen molar-refractivity contribution in [1.29, 1.82) is 0 Å². The maximum Gasteiger partial charge on any atom is 0.271 e. The van der Waals surface area contributed by atoms with Crippen LogP contribution >= 0.6 is 11.5 Å². The fourth-order valence-electron chi connectivity index (χ4n) is 3.02. The Labute approximate surface area is 132 Å². The Bertz CT molecular complexity index is 789. The summed E-state index contributed by atoms with van der Waals surface area (Å²) in [7, 11) is 0. The number of aromatic nitrogens is 4. The zero-order valence-corrected chi connectivity index (χ0v) is 13.1. The van der Waals surface area contributed by atoms with Crippen LogP contribution in [0.2, 0.25) is 0 Å². The second-order valence-corrected chi connectivity index (χ2v) is 6.46. The molecule has 0 atom stereocenters. The maximum absolute atomic E-state index is 5.49. The number of rotatable bonds is 3. The van der Waals surface area contributed by atoms with Gasteiger partial charge in [-0.1, -0.05) is 46.8 Å². The van der Waals surface area contributed by atoms with Gasteiger partial charge in [0, 0.05) is 11.5 Å². The summed E-state index contributed by atoms with van der Waals surface area (Å²) in [5.41, 5.74) is 3.04. The van der Waals surface area contributed by atoms with Crippen LogP contribution in [0.25, 0.3) is 22.0 Å². The van der Waals surface area contributed by atoms with Crippen LogP contribution in [0.3, 0.4) is 0 Å². The molecule has 5 nitrogen and oxygen atoms in total. The molecule has 3 aromatic rings. The first-order valence-corrected chi connectivity index (χ1v) is 8.32. The zero-order chi connectivity index (χ0) is 14.9. The Balaban J connectivity index is 1.72. The highest BCUT2D eigenvalue weighted by molar-refractivity contribution is 7.09. The van der Waals surface area contributed by atoms with Crippen LogP contribution in [-0.4, -0.2) is 19.7 Å². The summed E-state index contributed by atoms with van der Waals surface area (Å²) in [5.74, 6) is 1.81. The average molecular weight is 312 g/mol. The molecular weight excluding hydrogens is 296 g/mol. The fraction of sp³-hybridized carbons (Fsp3) is 0.375. The minimum atomic E-state index is 0.445. The summed E-state index contributed by atoms with van der Waals surface area (Å²) < 4.78 is 9.58. The Kier molecular flexibility index (Phi) is 3.46. The lowest BCUT2D eigenvalue weighted by molar-refractivity contribution is 0.416. The van der Waals surface area contributed by atoms with Gasteiger partial charge in [0.25, 0.3) is 5.89 Å². The predicted molar refractivity (Wildman–Crippen MR) is 84.6 cm³/mol. The van der Waals surface area contributed by atoms with Crippen molar-refractivity contribution in [3.05, 3.63) is 35.7 Å². The number of nitrogens with zero attached hydrogens (tertiary/aromatic N) is 4. The third-order valence-corrected chi connectivity index (χ3v) is 4.96. The summed E-state index contributed by atoms with van der Waals surface area (Å²) in [6.45, 7) is 2.07. The SMILES string of the molecule is Cc1ccccc1-c1nnsc1-c1nc(C2CCCC2)no1. The number of benzene rings is 1. The van der Waals surface area contributed by atoms with Gasteiger partial charge in [-0.05, 0) is 36.9 Å². The van der Waals surface area contributed by atoms with Gasteiger partial charge in [-0.3, -0.25) is 0 Å². The molecule has 0 spiro atoms. The van der Waals surface area contributed by atoms with E-state index >= 15 is 0 Å². The van der Waals surface area contributed by atoms with E-state index in [4.69, 9.17) is 4.52 Å². The van der Waals surface area contributed by atoms with Crippen molar-refractivity contribution in [1.82, 2.24) is 19.7 Å². The van der Waals surface area contributed by atoms with Crippen LogP contribution in [0.1, 0.15) is 43.0 Å². The molecule has 1 saturated carbocycles. The van der Waals surface area contributed by atoms with Crippen molar-refractivity contribution < 1.29 is 4.52 Å². The van der Waals surface area contributed by atoms with Crippen LogP contribution < -0.4 is 0 Å². The highest BCUT2D eigenvalue weighted by atomic mass is 32.1. The molecule has 1 aliphatic rings. The number of aryl methyl sites for hydroxylation is 1. The molecule has 4 rings (SSSR count). The third kappa shape index (κ3) is 2.33. The molecule has 6 heteroatoms. The van der Waals surface area contributed by atoms with Gasteiger partial charge in [0.05, 0.1) is 0 Å². The zero-order valence-electron chi connectivity index (χ0n) is 12.3. The quantitative estimate of drug-likeness (QED) is 0.724. The van der Waals surface area contributed by atoms with Crippen molar-refractivity contribution in [3.8, 4) is 22.0 Å². The van der Waals surface area contributed by atoms with E-state index in [1.54, 1.807) is 0 Å². The van der Waals surface area contributed by atoms with Crippen molar-refractivity contribution in [2.24, 2.45) is 0 Å². The lowest BCUT2D eigenvalue weighted by atomic mass is 10.1. The first-order chi connectivity index (χ1) is 10.8. The summed E-state index contributed by atoms with van der Waals surface area (Å²) >= 11 is 1.30. The van der Waals surface area contributed by atoms with E-state index in [1.165, 1.54) is 24.4 Å². The summed E-state index contributed by atoms with van der Waals surface area (Å²) in [6.07, 6.45) is 4.82. The molecule has 0 N–H and O–H groups in total. The van der Waals surface area contributed by atoms with E-state index in [1.807, 2.05) is 18.2 Å². The summed E-state index contributed by atoms with van der Waals surface area (Å²) in [4.78, 5) is 5.46. The Morgan fingerprint density at radius 3 is 2.82 bits per heavy atom. The lowest BCUT2D eigenvalue weighted by Gasteiger charge is -2.02. The lowest BCUT2D eigenvalue weighted by Crippen LogP contribution is -1.94. The van der Waals surface area contributed by atoms with Crippen LogP contribution in [0, 0.1) is 6.92 Å². The molecule has 22 heavy (non-hydrogen) atoms. The molecule has 0 radical (unpaired) electrons. The van der Waals surface area contributed by atoms with E-state index in [0.717, 1.165) is 40.4 Å². The van der Waals surface area contributed by atoms with Crippen molar-refractivity contribution in [2.45, 2.75) is 38.5 Å². The van der Waals surface area contributed by atoms with E-state index in [0.29, 0.717) is 11.8 Å². The topological polar surface area (TPSA) is 64.7 Å². The van der Waals surface area contributed by atoms with E-state index < -0.39 is 0 Å². The van der Waals surface area contributed by atoms with Gasteiger partial charge >= 0.3 is 0 Å². The molecule has 0 saturated heterocycles. The highest BCUT2D eigenvalue weighted by Crippen LogP contribution is 2.36. The number of hydrogen-bond donors (Lipinski definition) is 0. The molecule has 0 bridgehead atoms. The molecular formula is C16H16N4OS. The second-order valence-electron chi connectivity index (χ2n) is 5.70. The first kappa shape index (κ1) is 13.6. The standard InChI is InChI=1S/C16H16N4OS/c1-10-6-2-5-9-12(10)13-14(22-20-18-13)16-17-15(19-21-16)11-7-3-4-8-11/h2,5-6,9,11H,3-4,7-8H2,1H3. The number of hydrogen-bond acceptors (Lipinski definition) is 6. The van der Waals surface area contributed by atoms with Gasteiger partial charge in [0.15, 0.2) is 5.82 Å². The average Bonchev–Trinajstić information content (AvgIpc) is 3.27. The fourth-order valence-corrected chi connectivity index (χ4v) is 3.63. The largest absolute Gasteiger partial charge is 0.333 e. The molecule has 0 aliphatic heterocycles. The van der Waals surface area contributed by atoms with Crippen molar-refractivity contribution in [3.63, 3.8) is 0 Å². The van der Waals surface area contributed by atoms with Crippen LogP contribution in [0.4, 0.5) is 0 Å². The van der Waals surface area contributed by atoms with Gasteiger partial charge in [0.1, 0.15) is 10.6 Å². The summed E-state index contributed by atoms with van der Waals surface area (Å²) in [5, 5.41) is 8.45. The minimum absolute atomic E-state index is 0.445. The van der Waals surface area contributed by atoms with Crippen molar-refractivity contribution >= 4 is 11.5 Å². The molecule has 112 valence electrons. The molecule has 1 aliphatic carbocycles.